The largest absolute Gasteiger partial charge is 0.508 e. The fourth-order valence-corrected chi connectivity index (χ4v) is 3.54. The van der Waals surface area contributed by atoms with Crippen molar-refractivity contribution in [1.29, 1.82) is 0 Å². The number of aliphatic hydroxyl groups is 1. The van der Waals surface area contributed by atoms with Gasteiger partial charge in [0.15, 0.2) is 0 Å². The Bertz CT molecular complexity index is 830. The number of phenolic OH excluding ortho intramolecular Hbond substituents is 1. The fraction of sp³-hybridized carbons (Fsp3) is 0.294. The lowest BCUT2D eigenvalue weighted by Crippen LogP contribution is -2.24. The summed E-state index contributed by atoms with van der Waals surface area (Å²) in [4.78, 5) is 10.8. The minimum absolute atomic E-state index is 0.184. The van der Waals surface area contributed by atoms with Crippen LogP contribution in [0.15, 0.2) is 30.6 Å². The molecular formula is C17H19N3O2S. The van der Waals surface area contributed by atoms with Crippen LogP contribution < -0.4 is 5.32 Å². The number of aliphatic hydroxyl groups excluding tert-OH is 1. The molecule has 3 aromatic rings. The number of hydrogen-bond acceptors (Lipinski definition) is 6. The van der Waals surface area contributed by atoms with Gasteiger partial charge in [0.1, 0.15) is 22.7 Å². The van der Waals surface area contributed by atoms with E-state index in [4.69, 9.17) is 0 Å². The fourth-order valence-electron chi connectivity index (χ4n) is 2.55. The molecule has 0 aliphatic rings. The summed E-state index contributed by atoms with van der Waals surface area (Å²) in [5.74, 6) is 0.922. The van der Waals surface area contributed by atoms with E-state index in [1.54, 1.807) is 41.9 Å². The van der Waals surface area contributed by atoms with Gasteiger partial charge in [-0.2, -0.15) is 0 Å². The highest BCUT2D eigenvalue weighted by Gasteiger charge is 2.19. The summed E-state index contributed by atoms with van der Waals surface area (Å²) in [6.45, 7) is 6.03. The van der Waals surface area contributed by atoms with Crippen LogP contribution in [0.5, 0.6) is 5.75 Å². The lowest BCUT2D eigenvalue weighted by molar-refractivity contribution is 0.160. The molecule has 2 aromatic heterocycles. The Morgan fingerprint density at radius 1 is 1.13 bits per heavy atom. The lowest BCUT2D eigenvalue weighted by atomic mass is 10.0. The molecule has 0 amide bonds. The van der Waals surface area contributed by atoms with Gasteiger partial charge in [0.25, 0.3) is 0 Å². The van der Waals surface area contributed by atoms with Crippen LogP contribution in [0, 0.1) is 13.8 Å². The Morgan fingerprint density at radius 3 is 2.52 bits per heavy atom. The quantitative estimate of drug-likeness (QED) is 0.682. The van der Waals surface area contributed by atoms with E-state index < -0.39 is 6.10 Å². The Hall–Kier alpha value is -2.18. The number of anilines is 1. The van der Waals surface area contributed by atoms with Crippen LogP contribution in [-0.4, -0.2) is 26.2 Å². The molecule has 23 heavy (non-hydrogen) atoms. The zero-order chi connectivity index (χ0) is 16.6. The maximum atomic E-state index is 10.5. The van der Waals surface area contributed by atoms with Crippen LogP contribution in [0.3, 0.4) is 0 Å². The van der Waals surface area contributed by atoms with Gasteiger partial charge in [-0.05, 0) is 44.0 Å². The second-order valence-corrected chi connectivity index (χ2v) is 6.86. The highest BCUT2D eigenvalue weighted by Crippen LogP contribution is 2.33. The molecule has 0 spiro atoms. The number of fused-ring (bicyclic) bond motifs is 1. The molecular weight excluding hydrogens is 310 g/mol. The van der Waals surface area contributed by atoms with Gasteiger partial charge in [-0.15, -0.1) is 11.3 Å². The molecule has 1 aromatic carbocycles. The molecule has 3 rings (SSSR count). The van der Waals surface area contributed by atoms with Crippen LogP contribution in [-0.2, 0) is 0 Å². The summed E-state index contributed by atoms with van der Waals surface area (Å²) in [6.07, 6.45) is 0.834. The molecule has 0 aliphatic carbocycles. The Balaban J connectivity index is 1.88. The van der Waals surface area contributed by atoms with Crippen molar-refractivity contribution >= 4 is 27.4 Å². The van der Waals surface area contributed by atoms with E-state index in [1.807, 2.05) is 6.92 Å². The second-order valence-electron chi connectivity index (χ2n) is 5.66. The highest BCUT2D eigenvalue weighted by molar-refractivity contribution is 7.18. The molecule has 3 N–H and O–H groups in total. The SMILES string of the molecule is Cc1sc2ncnc(N[C@@H](C)[C@@H](O)c3ccc(O)cc3)c2c1C. The van der Waals surface area contributed by atoms with E-state index in [0.29, 0.717) is 0 Å². The number of nitrogens with one attached hydrogen (secondary N) is 1. The number of nitrogens with zero attached hydrogens (tertiary/aromatic N) is 2. The molecule has 120 valence electrons. The number of hydrogen-bond donors (Lipinski definition) is 3. The Morgan fingerprint density at radius 2 is 1.83 bits per heavy atom. The van der Waals surface area contributed by atoms with Gasteiger partial charge in [0, 0.05) is 4.88 Å². The Kier molecular flexibility index (Phi) is 4.19. The van der Waals surface area contributed by atoms with Crippen LogP contribution in [0.2, 0.25) is 0 Å². The van der Waals surface area contributed by atoms with Crippen molar-refractivity contribution in [2.24, 2.45) is 0 Å². The smallest absolute Gasteiger partial charge is 0.138 e. The van der Waals surface area contributed by atoms with E-state index in [-0.39, 0.29) is 11.8 Å². The molecule has 0 saturated carbocycles. The first kappa shape index (κ1) is 15.7. The predicted octanol–water partition coefficient (Wildman–Crippen LogP) is 3.55. The monoisotopic (exact) mass is 329 g/mol. The Labute approximate surface area is 138 Å². The number of phenols is 1. The van der Waals surface area contributed by atoms with Crippen molar-refractivity contribution in [3.63, 3.8) is 0 Å². The third-order valence-corrected chi connectivity index (χ3v) is 5.15. The number of aromatic nitrogens is 2. The van der Waals surface area contributed by atoms with Gasteiger partial charge in [-0.3, -0.25) is 0 Å². The van der Waals surface area contributed by atoms with Crippen LogP contribution in [0.1, 0.15) is 29.0 Å². The minimum Gasteiger partial charge on any atom is -0.508 e. The zero-order valence-corrected chi connectivity index (χ0v) is 14.1. The van der Waals surface area contributed by atoms with Crippen LogP contribution >= 0.6 is 11.3 Å². The number of benzene rings is 1. The predicted molar refractivity (Wildman–Crippen MR) is 93.0 cm³/mol. The van der Waals surface area contributed by atoms with Crippen molar-refractivity contribution in [3.05, 3.63) is 46.6 Å². The summed E-state index contributed by atoms with van der Waals surface area (Å²) in [5.41, 5.74) is 1.91. The zero-order valence-electron chi connectivity index (χ0n) is 13.2. The molecule has 0 unspecified atom stereocenters. The summed E-state index contributed by atoms with van der Waals surface area (Å²) in [6, 6.07) is 6.33. The molecule has 0 fully saturated rings. The third kappa shape index (κ3) is 3.00. The molecule has 5 nitrogen and oxygen atoms in total. The van der Waals surface area contributed by atoms with Crippen LogP contribution in [0.4, 0.5) is 5.82 Å². The normalized spacial score (nSPS) is 13.9. The molecule has 0 bridgehead atoms. The third-order valence-electron chi connectivity index (χ3n) is 4.04. The molecule has 0 saturated heterocycles. The van der Waals surface area contributed by atoms with Crippen molar-refractivity contribution in [1.82, 2.24) is 9.97 Å². The van der Waals surface area contributed by atoms with E-state index in [0.717, 1.165) is 21.6 Å². The first-order valence-corrected chi connectivity index (χ1v) is 8.23. The van der Waals surface area contributed by atoms with E-state index in [1.165, 1.54) is 10.4 Å². The van der Waals surface area contributed by atoms with Crippen molar-refractivity contribution < 1.29 is 10.2 Å². The number of aromatic hydroxyl groups is 1. The maximum absolute atomic E-state index is 10.5. The standard InChI is InChI=1S/C17H19N3O2S/c1-9-11(3)23-17-14(9)16(18-8-19-17)20-10(2)15(22)12-4-6-13(21)7-5-12/h4-8,10,15,21-22H,1-3H3,(H,18,19,20)/t10-,15+/m0/s1. The number of thiophene rings is 1. The van der Waals surface area contributed by atoms with Crippen LogP contribution in [0.25, 0.3) is 10.2 Å². The summed E-state index contributed by atoms with van der Waals surface area (Å²) < 4.78 is 0. The molecule has 0 aliphatic heterocycles. The van der Waals surface area contributed by atoms with E-state index in [9.17, 15) is 10.2 Å². The molecule has 6 heteroatoms. The average Bonchev–Trinajstić information content (AvgIpc) is 2.83. The maximum Gasteiger partial charge on any atom is 0.138 e. The topological polar surface area (TPSA) is 78.3 Å². The summed E-state index contributed by atoms with van der Waals surface area (Å²) >= 11 is 1.64. The summed E-state index contributed by atoms with van der Waals surface area (Å²) in [5, 5.41) is 24.2. The number of rotatable bonds is 4. The van der Waals surface area contributed by atoms with Crippen molar-refractivity contribution in [2.75, 3.05) is 5.32 Å². The second kappa shape index (κ2) is 6.14. The molecule has 2 atom stereocenters. The van der Waals surface area contributed by atoms with E-state index in [2.05, 4.69) is 29.1 Å². The molecule has 0 radical (unpaired) electrons. The number of aryl methyl sites for hydroxylation is 2. The molecule has 2 heterocycles. The van der Waals surface area contributed by atoms with Gasteiger partial charge in [0.05, 0.1) is 17.5 Å². The average molecular weight is 329 g/mol. The first-order valence-electron chi connectivity index (χ1n) is 7.41. The summed E-state index contributed by atoms with van der Waals surface area (Å²) in [7, 11) is 0. The van der Waals surface area contributed by atoms with Gasteiger partial charge in [0.2, 0.25) is 0 Å². The lowest BCUT2D eigenvalue weighted by Gasteiger charge is -2.21. The first-order chi connectivity index (χ1) is 11.0. The van der Waals surface area contributed by atoms with Gasteiger partial charge >= 0.3 is 0 Å². The highest BCUT2D eigenvalue weighted by atomic mass is 32.1. The minimum atomic E-state index is -0.708. The van der Waals surface area contributed by atoms with E-state index >= 15 is 0 Å². The van der Waals surface area contributed by atoms with Crippen molar-refractivity contribution in [3.8, 4) is 5.75 Å². The van der Waals surface area contributed by atoms with Gasteiger partial charge < -0.3 is 15.5 Å². The van der Waals surface area contributed by atoms with Gasteiger partial charge in [-0.1, -0.05) is 12.1 Å². The van der Waals surface area contributed by atoms with Gasteiger partial charge in [-0.25, -0.2) is 9.97 Å². The van der Waals surface area contributed by atoms with Crippen molar-refractivity contribution in [2.45, 2.75) is 32.9 Å².